The van der Waals surface area contributed by atoms with Crippen LogP contribution in [-0.2, 0) is 4.79 Å². The van der Waals surface area contributed by atoms with E-state index in [-0.39, 0.29) is 17.9 Å². The van der Waals surface area contributed by atoms with E-state index in [0.717, 1.165) is 0 Å². The molecule has 2 aromatic carbocycles. The second-order valence-corrected chi connectivity index (χ2v) is 6.88. The molecule has 142 valence electrons. The van der Waals surface area contributed by atoms with E-state index in [9.17, 15) is 9.59 Å². The molecule has 1 heterocycles. The molecule has 0 spiro atoms. The third kappa shape index (κ3) is 3.60. The van der Waals surface area contributed by atoms with Crippen molar-refractivity contribution >= 4 is 23.3 Å². The molecule has 0 unspecified atom stereocenters. The van der Waals surface area contributed by atoms with Crippen molar-refractivity contribution < 1.29 is 19.1 Å². The molecule has 0 aromatic heterocycles. The fourth-order valence-electron chi connectivity index (χ4n) is 3.28. The number of para-hydroxylation sites is 1. The monoisotopic (exact) mass is 368 g/mol. The number of carbonyl (C=O) groups is 2. The average molecular weight is 368 g/mol. The number of urea groups is 1. The molecule has 1 fully saturated rings. The van der Waals surface area contributed by atoms with Crippen LogP contribution in [0.2, 0.25) is 0 Å². The van der Waals surface area contributed by atoms with Crippen LogP contribution < -0.4 is 19.3 Å². The van der Waals surface area contributed by atoms with Gasteiger partial charge in [0.25, 0.3) is 5.91 Å². The molecule has 1 atom stereocenters. The van der Waals surface area contributed by atoms with Crippen LogP contribution in [0.15, 0.2) is 48.5 Å². The van der Waals surface area contributed by atoms with Gasteiger partial charge in [0.05, 0.1) is 25.6 Å². The van der Waals surface area contributed by atoms with Gasteiger partial charge >= 0.3 is 6.03 Å². The zero-order valence-corrected chi connectivity index (χ0v) is 16.0. The van der Waals surface area contributed by atoms with E-state index in [0.29, 0.717) is 29.3 Å². The molecular formula is C21H24N2O4. The number of benzene rings is 2. The van der Waals surface area contributed by atoms with Crippen molar-refractivity contribution in [2.24, 2.45) is 5.92 Å². The molecule has 6 nitrogen and oxygen atoms in total. The lowest BCUT2D eigenvalue weighted by atomic mass is 10.0. The summed E-state index contributed by atoms with van der Waals surface area (Å²) in [6.07, 6.45) is 0.563. The molecule has 1 saturated heterocycles. The van der Waals surface area contributed by atoms with Crippen LogP contribution in [0.25, 0.3) is 0 Å². The molecule has 3 rings (SSSR count). The second-order valence-electron chi connectivity index (χ2n) is 6.88. The normalized spacial score (nSPS) is 17.0. The van der Waals surface area contributed by atoms with Gasteiger partial charge in [0.1, 0.15) is 17.5 Å². The number of amides is 3. The molecule has 3 amide bonds. The number of anilines is 2. The summed E-state index contributed by atoms with van der Waals surface area (Å²) in [4.78, 5) is 29.2. The zero-order chi connectivity index (χ0) is 19.6. The first kappa shape index (κ1) is 18.8. The standard InChI is InChI=1S/C21H24N2O4/c1-14(2)10-19-20(24)23(15-8-6-5-7-9-15)21(25)22(19)16-11-17(26-3)13-18(12-16)27-4/h5-9,11-14,19H,10H2,1-4H3/t19-/m0/s1. The van der Waals surface area contributed by atoms with Gasteiger partial charge in [-0.2, -0.15) is 0 Å². The number of nitrogens with zero attached hydrogens (tertiary/aromatic N) is 2. The summed E-state index contributed by atoms with van der Waals surface area (Å²) < 4.78 is 10.7. The van der Waals surface area contributed by atoms with Crippen LogP contribution in [0.4, 0.5) is 16.2 Å². The summed E-state index contributed by atoms with van der Waals surface area (Å²) in [7, 11) is 3.11. The highest BCUT2D eigenvalue weighted by molar-refractivity contribution is 6.28. The highest BCUT2D eigenvalue weighted by Gasteiger charge is 2.46. The lowest BCUT2D eigenvalue weighted by Crippen LogP contribution is -2.36. The maximum absolute atomic E-state index is 13.3. The van der Waals surface area contributed by atoms with Crippen LogP contribution in [0, 0.1) is 5.92 Å². The summed E-state index contributed by atoms with van der Waals surface area (Å²) in [5.74, 6) is 1.15. The summed E-state index contributed by atoms with van der Waals surface area (Å²) in [5, 5.41) is 0. The first-order valence-corrected chi connectivity index (χ1v) is 8.91. The Morgan fingerprint density at radius 3 is 2.04 bits per heavy atom. The van der Waals surface area contributed by atoms with E-state index in [1.165, 1.54) is 4.90 Å². The Hall–Kier alpha value is -3.02. The SMILES string of the molecule is COc1cc(OC)cc(N2C(=O)N(c3ccccc3)C(=O)[C@@H]2CC(C)C)c1. The smallest absolute Gasteiger partial charge is 0.336 e. The van der Waals surface area contributed by atoms with E-state index >= 15 is 0 Å². The lowest BCUT2D eigenvalue weighted by molar-refractivity contribution is -0.118. The highest BCUT2D eigenvalue weighted by atomic mass is 16.5. The number of carbonyl (C=O) groups excluding carboxylic acids is 2. The molecule has 0 saturated carbocycles. The number of rotatable bonds is 6. The molecule has 27 heavy (non-hydrogen) atoms. The Balaban J connectivity index is 2.08. The van der Waals surface area contributed by atoms with Crippen molar-refractivity contribution in [3.8, 4) is 11.5 Å². The van der Waals surface area contributed by atoms with Crippen molar-refractivity contribution in [3.63, 3.8) is 0 Å². The summed E-state index contributed by atoms with van der Waals surface area (Å²) in [6.45, 7) is 4.07. The van der Waals surface area contributed by atoms with Crippen molar-refractivity contribution in [1.29, 1.82) is 0 Å². The molecule has 2 aromatic rings. The van der Waals surface area contributed by atoms with E-state index in [1.54, 1.807) is 49.5 Å². The number of ether oxygens (including phenoxy) is 2. The quantitative estimate of drug-likeness (QED) is 0.721. The van der Waals surface area contributed by atoms with Gasteiger partial charge in [-0.25, -0.2) is 9.69 Å². The Kier molecular flexibility index (Phi) is 5.35. The fourth-order valence-corrected chi connectivity index (χ4v) is 3.28. The van der Waals surface area contributed by atoms with Crippen molar-refractivity contribution in [2.45, 2.75) is 26.3 Å². The van der Waals surface area contributed by atoms with Crippen LogP contribution in [0.3, 0.4) is 0 Å². The van der Waals surface area contributed by atoms with Crippen molar-refractivity contribution in [1.82, 2.24) is 0 Å². The maximum atomic E-state index is 13.3. The lowest BCUT2D eigenvalue weighted by Gasteiger charge is -2.24. The molecule has 0 radical (unpaired) electrons. The number of hydrogen-bond acceptors (Lipinski definition) is 4. The Bertz CT molecular complexity index is 813. The largest absolute Gasteiger partial charge is 0.497 e. The molecular weight excluding hydrogens is 344 g/mol. The predicted octanol–water partition coefficient (Wildman–Crippen LogP) is 4.09. The van der Waals surface area contributed by atoms with Crippen LogP contribution in [-0.4, -0.2) is 32.2 Å². The van der Waals surface area contributed by atoms with E-state index < -0.39 is 6.04 Å². The zero-order valence-electron chi connectivity index (χ0n) is 16.0. The summed E-state index contributed by atoms with van der Waals surface area (Å²) in [5.41, 5.74) is 1.15. The first-order valence-electron chi connectivity index (χ1n) is 8.91. The minimum Gasteiger partial charge on any atom is -0.497 e. The van der Waals surface area contributed by atoms with Crippen LogP contribution in [0.1, 0.15) is 20.3 Å². The summed E-state index contributed by atoms with van der Waals surface area (Å²) in [6, 6.07) is 13.3. The van der Waals surface area contributed by atoms with Crippen molar-refractivity contribution in [3.05, 3.63) is 48.5 Å². The van der Waals surface area contributed by atoms with E-state index in [2.05, 4.69) is 0 Å². The van der Waals surface area contributed by atoms with E-state index in [1.807, 2.05) is 32.0 Å². The predicted molar refractivity (Wildman–Crippen MR) is 105 cm³/mol. The fraction of sp³-hybridized carbons (Fsp3) is 0.333. The van der Waals surface area contributed by atoms with Gasteiger partial charge in [-0.1, -0.05) is 32.0 Å². The van der Waals surface area contributed by atoms with Gasteiger partial charge in [-0.05, 0) is 24.5 Å². The summed E-state index contributed by atoms with van der Waals surface area (Å²) >= 11 is 0. The van der Waals surface area contributed by atoms with Gasteiger partial charge in [-0.15, -0.1) is 0 Å². The first-order chi connectivity index (χ1) is 13.0. The number of imide groups is 1. The van der Waals surface area contributed by atoms with Gasteiger partial charge in [0.2, 0.25) is 0 Å². The van der Waals surface area contributed by atoms with Gasteiger partial charge < -0.3 is 9.47 Å². The van der Waals surface area contributed by atoms with E-state index in [4.69, 9.17) is 9.47 Å². The topological polar surface area (TPSA) is 59.1 Å². The Labute approximate surface area is 159 Å². The van der Waals surface area contributed by atoms with Gasteiger partial charge in [0, 0.05) is 18.2 Å². The number of methoxy groups -OCH3 is 2. The Morgan fingerprint density at radius 2 is 1.52 bits per heavy atom. The Morgan fingerprint density at radius 1 is 0.926 bits per heavy atom. The third-order valence-corrected chi connectivity index (χ3v) is 4.54. The highest BCUT2D eigenvalue weighted by Crippen LogP contribution is 2.36. The molecule has 0 aliphatic carbocycles. The average Bonchev–Trinajstić information content (AvgIpc) is 2.91. The molecule has 0 bridgehead atoms. The second kappa shape index (κ2) is 7.70. The minimum atomic E-state index is -0.575. The minimum absolute atomic E-state index is 0.221. The van der Waals surface area contributed by atoms with Gasteiger partial charge in [0.15, 0.2) is 0 Å². The maximum Gasteiger partial charge on any atom is 0.336 e. The van der Waals surface area contributed by atoms with Gasteiger partial charge in [-0.3, -0.25) is 9.69 Å². The third-order valence-electron chi connectivity index (χ3n) is 4.54. The molecule has 0 N–H and O–H groups in total. The van der Waals surface area contributed by atoms with Crippen LogP contribution in [0.5, 0.6) is 11.5 Å². The molecule has 6 heteroatoms. The molecule has 1 aliphatic rings. The van der Waals surface area contributed by atoms with Crippen LogP contribution >= 0.6 is 0 Å². The van der Waals surface area contributed by atoms with Crippen molar-refractivity contribution in [2.75, 3.05) is 24.0 Å². The molecule has 1 aliphatic heterocycles. The number of hydrogen-bond donors (Lipinski definition) is 0.